The van der Waals surface area contributed by atoms with Crippen molar-refractivity contribution in [2.45, 2.75) is 42.3 Å². The van der Waals surface area contributed by atoms with Crippen molar-refractivity contribution in [1.82, 2.24) is 4.90 Å². The zero-order chi connectivity index (χ0) is 24.3. The molecule has 2 aromatic carbocycles. The molecule has 2 N–H and O–H groups in total. The van der Waals surface area contributed by atoms with Gasteiger partial charge in [0, 0.05) is 28.4 Å². The van der Waals surface area contributed by atoms with Crippen molar-refractivity contribution >= 4 is 39.9 Å². The first kappa shape index (κ1) is 25.8. The largest absolute Gasteiger partial charge is 0.426 e. The summed E-state index contributed by atoms with van der Waals surface area (Å²) >= 11 is 6.04. The molecule has 0 spiro atoms. The van der Waals surface area contributed by atoms with Gasteiger partial charge in [-0.05, 0) is 63.2 Å². The first-order chi connectivity index (χ1) is 14.8. The predicted octanol–water partition coefficient (Wildman–Crippen LogP) is 4.24. The minimum atomic E-state index is -5.18. The average Bonchev–Trinajstić information content (AvgIpc) is 2.74. The van der Waals surface area contributed by atoms with E-state index in [1.54, 1.807) is 17.0 Å². The number of carbonyl (C=O) groups is 2. The molecule has 1 unspecified atom stereocenters. The lowest BCUT2D eigenvalue weighted by atomic mass is 10.1. The highest BCUT2D eigenvalue weighted by Crippen LogP contribution is 2.33. The van der Waals surface area contributed by atoms with Crippen molar-refractivity contribution in [2.75, 3.05) is 18.4 Å². The van der Waals surface area contributed by atoms with Crippen molar-refractivity contribution in [3.63, 3.8) is 0 Å². The molecule has 0 aliphatic rings. The number of benzene rings is 2. The molecule has 2 rings (SSSR count). The third kappa shape index (κ3) is 5.48. The van der Waals surface area contributed by atoms with Crippen LogP contribution in [0.15, 0.2) is 52.3 Å². The van der Waals surface area contributed by atoms with Crippen LogP contribution in [0.4, 0.5) is 18.9 Å². The van der Waals surface area contributed by atoms with Crippen LogP contribution in [-0.2, 0) is 15.6 Å². The molecule has 174 valence electrons. The summed E-state index contributed by atoms with van der Waals surface area (Å²) in [5, 5.41) is 11.2. The fraction of sp³-hybridized carbons (Fsp3) is 0.333. The van der Waals surface area contributed by atoms with Gasteiger partial charge in [-0.1, -0.05) is 11.6 Å². The molecule has 0 saturated heterocycles. The Kier molecular flexibility index (Phi) is 8.08. The van der Waals surface area contributed by atoms with Crippen LogP contribution >= 0.6 is 11.6 Å². The van der Waals surface area contributed by atoms with Crippen LogP contribution in [0.3, 0.4) is 0 Å². The second-order valence-electron chi connectivity index (χ2n) is 6.94. The van der Waals surface area contributed by atoms with Gasteiger partial charge in [0.2, 0.25) is 5.60 Å². The van der Waals surface area contributed by atoms with Gasteiger partial charge in [-0.15, -0.1) is 0 Å². The van der Waals surface area contributed by atoms with Crippen LogP contribution in [0.2, 0.25) is 5.02 Å². The van der Waals surface area contributed by atoms with Crippen molar-refractivity contribution in [1.29, 1.82) is 0 Å². The van der Waals surface area contributed by atoms with Crippen molar-refractivity contribution < 1.29 is 32.1 Å². The molecule has 0 fully saturated rings. The van der Waals surface area contributed by atoms with Crippen molar-refractivity contribution in [3.8, 4) is 0 Å². The van der Waals surface area contributed by atoms with E-state index >= 15 is 0 Å². The summed E-state index contributed by atoms with van der Waals surface area (Å²) in [5.41, 5.74) is -3.34. The van der Waals surface area contributed by atoms with Gasteiger partial charge in [-0.2, -0.15) is 13.2 Å². The monoisotopic (exact) mass is 490 g/mol. The van der Waals surface area contributed by atoms with Gasteiger partial charge in [0.25, 0.3) is 11.8 Å². The quantitative estimate of drug-likeness (QED) is 0.608. The Morgan fingerprint density at radius 2 is 1.59 bits per heavy atom. The van der Waals surface area contributed by atoms with Gasteiger partial charge in [0.1, 0.15) is 0 Å². The zero-order valence-corrected chi connectivity index (χ0v) is 19.1. The van der Waals surface area contributed by atoms with E-state index in [4.69, 9.17) is 11.6 Å². The summed E-state index contributed by atoms with van der Waals surface area (Å²) in [6, 6.07) is 9.96. The molecule has 0 radical (unpaired) electrons. The number of amides is 2. The molecule has 2 aromatic rings. The number of nitrogens with zero attached hydrogens (tertiary/aromatic N) is 1. The fourth-order valence-corrected chi connectivity index (χ4v) is 4.00. The fourth-order valence-electron chi connectivity index (χ4n) is 2.64. The SMILES string of the molecule is CCN(CC)C(=O)c1ccc(S(=O)c2ccc(NC(=O)[C@@](C)(O)C(F)(F)F)c(Cl)c2)cc1. The molecule has 0 saturated carbocycles. The lowest BCUT2D eigenvalue weighted by Gasteiger charge is -2.25. The van der Waals surface area contributed by atoms with E-state index in [-0.39, 0.29) is 21.5 Å². The Bertz CT molecular complexity index is 1020. The lowest BCUT2D eigenvalue weighted by Crippen LogP contribution is -2.52. The number of aliphatic hydroxyl groups is 1. The van der Waals surface area contributed by atoms with E-state index in [0.29, 0.717) is 30.5 Å². The Balaban J connectivity index is 2.20. The number of anilines is 1. The normalized spacial score (nSPS) is 14.4. The molecule has 2 atom stereocenters. The lowest BCUT2D eigenvalue weighted by molar-refractivity contribution is -0.242. The molecule has 2 amide bonds. The maximum Gasteiger partial charge on any atom is 0.426 e. The Labute approximate surface area is 190 Å². The highest BCUT2D eigenvalue weighted by atomic mass is 35.5. The predicted molar refractivity (Wildman–Crippen MR) is 115 cm³/mol. The van der Waals surface area contributed by atoms with Gasteiger partial charge in [0.15, 0.2) is 0 Å². The third-order valence-corrected chi connectivity index (χ3v) is 6.46. The molecule has 11 heteroatoms. The van der Waals surface area contributed by atoms with Crippen LogP contribution in [0.25, 0.3) is 0 Å². The number of carbonyl (C=O) groups excluding carboxylic acids is 2. The molecule has 0 bridgehead atoms. The smallest absolute Gasteiger partial charge is 0.373 e. The van der Waals surface area contributed by atoms with Crippen LogP contribution in [0.5, 0.6) is 0 Å². The summed E-state index contributed by atoms with van der Waals surface area (Å²) in [7, 11) is -1.70. The second-order valence-corrected chi connectivity index (χ2v) is 8.82. The zero-order valence-electron chi connectivity index (χ0n) is 17.5. The summed E-state index contributed by atoms with van der Waals surface area (Å²) in [5.74, 6) is -1.85. The molecule has 0 aromatic heterocycles. The van der Waals surface area contributed by atoms with Crippen LogP contribution in [0.1, 0.15) is 31.1 Å². The maximum atomic E-state index is 12.8. The average molecular weight is 491 g/mol. The van der Waals surface area contributed by atoms with Gasteiger partial charge in [-0.25, -0.2) is 4.21 Å². The topological polar surface area (TPSA) is 86.7 Å². The molecule has 0 aliphatic carbocycles. The Morgan fingerprint density at radius 1 is 1.06 bits per heavy atom. The minimum absolute atomic E-state index is 0.148. The Morgan fingerprint density at radius 3 is 2.06 bits per heavy atom. The van der Waals surface area contributed by atoms with E-state index in [1.165, 1.54) is 30.3 Å². The molecule has 0 aliphatic heterocycles. The number of rotatable bonds is 7. The first-order valence-electron chi connectivity index (χ1n) is 9.54. The second kappa shape index (κ2) is 10.0. The van der Waals surface area contributed by atoms with Gasteiger partial charge < -0.3 is 15.3 Å². The number of halogens is 4. The summed E-state index contributed by atoms with van der Waals surface area (Å²) in [6.07, 6.45) is -5.18. The number of nitrogens with one attached hydrogen (secondary N) is 1. The van der Waals surface area contributed by atoms with Crippen molar-refractivity contribution in [3.05, 3.63) is 53.1 Å². The van der Waals surface area contributed by atoms with E-state index in [0.717, 1.165) is 0 Å². The van der Waals surface area contributed by atoms with E-state index in [2.05, 4.69) is 0 Å². The Hall–Kier alpha value is -2.43. The molecular formula is C21H22ClF3N2O4S. The standard InChI is InChI=1S/C21H22ClF3N2O4S/c1-4-27(5-2)18(28)13-6-8-14(9-7-13)32(31)15-10-11-17(16(22)12-15)26-19(29)20(3,30)21(23,24)25/h6-12,30H,4-5H2,1-3H3,(H,26,29)/t20-,32?/m1/s1. The summed E-state index contributed by atoms with van der Waals surface area (Å²) in [4.78, 5) is 26.5. The maximum absolute atomic E-state index is 12.8. The first-order valence-corrected chi connectivity index (χ1v) is 11.1. The number of hydrogen-bond acceptors (Lipinski definition) is 4. The van der Waals surface area contributed by atoms with Gasteiger partial charge in [0.05, 0.1) is 21.5 Å². The molecule has 0 heterocycles. The molecular weight excluding hydrogens is 469 g/mol. The highest BCUT2D eigenvalue weighted by molar-refractivity contribution is 7.85. The number of alkyl halides is 3. The molecule has 32 heavy (non-hydrogen) atoms. The third-order valence-electron chi connectivity index (χ3n) is 4.76. The van der Waals surface area contributed by atoms with E-state index in [1.807, 2.05) is 19.2 Å². The van der Waals surface area contributed by atoms with Gasteiger partial charge in [-0.3, -0.25) is 9.59 Å². The van der Waals surface area contributed by atoms with Crippen LogP contribution < -0.4 is 5.32 Å². The number of hydrogen-bond donors (Lipinski definition) is 2. The molecule has 6 nitrogen and oxygen atoms in total. The van der Waals surface area contributed by atoms with Crippen molar-refractivity contribution in [2.24, 2.45) is 0 Å². The summed E-state index contributed by atoms with van der Waals surface area (Å²) in [6.45, 7) is 5.18. The minimum Gasteiger partial charge on any atom is -0.373 e. The van der Waals surface area contributed by atoms with Gasteiger partial charge >= 0.3 is 6.18 Å². The van der Waals surface area contributed by atoms with Crippen LogP contribution in [-0.4, -0.2) is 50.9 Å². The van der Waals surface area contributed by atoms with E-state index < -0.39 is 28.5 Å². The van der Waals surface area contributed by atoms with Crippen LogP contribution in [0, 0.1) is 0 Å². The summed E-state index contributed by atoms with van der Waals surface area (Å²) < 4.78 is 51.2. The highest BCUT2D eigenvalue weighted by Gasteiger charge is 2.55. The van der Waals surface area contributed by atoms with E-state index in [9.17, 15) is 32.1 Å².